The number of hydrogen-bond acceptors (Lipinski definition) is 5. The number of amides is 1. The Kier molecular flexibility index (Phi) is 5.96. The zero-order valence-corrected chi connectivity index (χ0v) is 18.0. The number of allylic oxidation sites excluding steroid dienone is 1. The van der Waals surface area contributed by atoms with Crippen molar-refractivity contribution in [2.45, 2.75) is 20.8 Å². The van der Waals surface area contributed by atoms with E-state index in [4.69, 9.17) is 14.2 Å². The summed E-state index contributed by atoms with van der Waals surface area (Å²) in [5.74, 6) is 0.269. The molecule has 6 heteroatoms. The van der Waals surface area contributed by atoms with Crippen molar-refractivity contribution in [2.24, 2.45) is 0 Å². The molecule has 0 saturated heterocycles. The predicted octanol–water partition coefficient (Wildman–Crippen LogP) is 4.20. The minimum absolute atomic E-state index is 0.247. The van der Waals surface area contributed by atoms with Gasteiger partial charge >= 0.3 is 5.97 Å². The SMILES string of the molecule is COC(=O)C1=C(C)N(c2cc(C)cc(C)c2)C(=O)/C1=C\c1ccc(OC)c(OC)c1. The summed E-state index contributed by atoms with van der Waals surface area (Å²) in [7, 11) is 4.40. The van der Waals surface area contributed by atoms with E-state index >= 15 is 0 Å². The highest BCUT2D eigenvalue weighted by Crippen LogP contribution is 2.37. The summed E-state index contributed by atoms with van der Waals surface area (Å²) in [5.41, 5.74) is 4.52. The molecule has 0 fully saturated rings. The Morgan fingerprint density at radius 2 is 1.53 bits per heavy atom. The molecular formula is C24H25NO5. The molecule has 0 radical (unpaired) electrons. The standard InChI is InChI=1S/C24H25NO5/c1-14-9-15(2)11-18(10-14)25-16(3)22(24(27)30-6)19(23(25)26)12-17-7-8-20(28-4)21(13-17)29-5/h7-13H,1-6H3/b19-12-. The van der Waals surface area contributed by atoms with Crippen molar-refractivity contribution in [3.05, 3.63) is 69.9 Å². The molecule has 1 aliphatic heterocycles. The number of nitrogens with zero attached hydrogens (tertiary/aromatic N) is 1. The topological polar surface area (TPSA) is 65.1 Å². The van der Waals surface area contributed by atoms with Crippen LogP contribution >= 0.6 is 0 Å². The molecule has 1 heterocycles. The molecule has 0 aliphatic carbocycles. The maximum Gasteiger partial charge on any atom is 0.340 e. The minimum Gasteiger partial charge on any atom is -0.493 e. The second-order valence-corrected chi connectivity index (χ2v) is 7.11. The van der Waals surface area contributed by atoms with Gasteiger partial charge in [-0.3, -0.25) is 9.69 Å². The van der Waals surface area contributed by atoms with Crippen LogP contribution in [0, 0.1) is 13.8 Å². The van der Waals surface area contributed by atoms with Crippen LogP contribution < -0.4 is 14.4 Å². The highest BCUT2D eigenvalue weighted by Gasteiger charge is 2.38. The van der Waals surface area contributed by atoms with Crippen LogP contribution in [0.5, 0.6) is 11.5 Å². The van der Waals surface area contributed by atoms with Gasteiger partial charge in [0.05, 0.1) is 32.5 Å². The van der Waals surface area contributed by atoms with Gasteiger partial charge in [0.1, 0.15) is 0 Å². The highest BCUT2D eigenvalue weighted by molar-refractivity contribution is 6.23. The average molecular weight is 407 g/mol. The lowest BCUT2D eigenvalue weighted by molar-refractivity contribution is -0.136. The summed E-state index contributed by atoms with van der Waals surface area (Å²) >= 11 is 0. The Bertz CT molecular complexity index is 1060. The number of benzene rings is 2. The number of methoxy groups -OCH3 is 3. The summed E-state index contributed by atoms with van der Waals surface area (Å²) < 4.78 is 15.6. The number of carbonyl (C=O) groups is 2. The lowest BCUT2D eigenvalue weighted by Crippen LogP contribution is -2.24. The lowest BCUT2D eigenvalue weighted by atomic mass is 10.0. The number of aryl methyl sites for hydroxylation is 2. The van der Waals surface area contributed by atoms with E-state index in [2.05, 4.69) is 0 Å². The molecule has 3 rings (SSSR count). The van der Waals surface area contributed by atoms with Gasteiger partial charge in [-0.1, -0.05) is 12.1 Å². The number of anilines is 1. The van der Waals surface area contributed by atoms with Crippen molar-refractivity contribution < 1.29 is 23.8 Å². The molecule has 0 atom stereocenters. The predicted molar refractivity (Wildman–Crippen MR) is 116 cm³/mol. The van der Waals surface area contributed by atoms with E-state index in [-0.39, 0.29) is 17.1 Å². The van der Waals surface area contributed by atoms with Crippen LogP contribution in [-0.2, 0) is 14.3 Å². The average Bonchev–Trinajstić information content (AvgIpc) is 2.96. The lowest BCUT2D eigenvalue weighted by Gasteiger charge is -2.19. The first kappa shape index (κ1) is 21.2. The fourth-order valence-corrected chi connectivity index (χ4v) is 3.68. The van der Waals surface area contributed by atoms with E-state index in [9.17, 15) is 9.59 Å². The number of rotatable bonds is 5. The fourth-order valence-electron chi connectivity index (χ4n) is 3.68. The Labute approximate surface area is 176 Å². The van der Waals surface area contributed by atoms with Gasteiger partial charge in [0, 0.05) is 11.4 Å². The maximum atomic E-state index is 13.4. The van der Waals surface area contributed by atoms with Gasteiger partial charge < -0.3 is 14.2 Å². The van der Waals surface area contributed by atoms with Gasteiger partial charge in [-0.05, 0) is 67.8 Å². The molecule has 156 valence electrons. The van der Waals surface area contributed by atoms with Gasteiger partial charge in [0.15, 0.2) is 11.5 Å². The Morgan fingerprint density at radius 1 is 0.900 bits per heavy atom. The first-order chi connectivity index (χ1) is 14.3. The molecule has 1 amide bonds. The number of esters is 1. The van der Waals surface area contributed by atoms with Crippen LogP contribution in [0.3, 0.4) is 0 Å². The van der Waals surface area contributed by atoms with Crippen molar-refractivity contribution in [2.75, 3.05) is 26.2 Å². The molecule has 6 nitrogen and oxygen atoms in total. The molecular weight excluding hydrogens is 382 g/mol. The third kappa shape index (κ3) is 3.81. The number of hydrogen-bond donors (Lipinski definition) is 0. The van der Waals surface area contributed by atoms with Crippen molar-refractivity contribution in [3.63, 3.8) is 0 Å². The Balaban J connectivity index is 2.15. The zero-order valence-electron chi connectivity index (χ0n) is 18.0. The van der Waals surface area contributed by atoms with Gasteiger partial charge in [-0.2, -0.15) is 0 Å². The van der Waals surface area contributed by atoms with Crippen LogP contribution in [0.2, 0.25) is 0 Å². The minimum atomic E-state index is -0.556. The third-order valence-electron chi connectivity index (χ3n) is 4.97. The summed E-state index contributed by atoms with van der Waals surface area (Å²) in [4.78, 5) is 27.5. The normalized spacial score (nSPS) is 15.1. The molecule has 0 bridgehead atoms. The van der Waals surface area contributed by atoms with Crippen LogP contribution in [0.25, 0.3) is 6.08 Å². The van der Waals surface area contributed by atoms with E-state index in [0.717, 1.165) is 11.1 Å². The van der Waals surface area contributed by atoms with Gasteiger partial charge in [-0.15, -0.1) is 0 Å². The first-order valence-electron chi connectivity index (χ1n) is 9.46. The first-order valence-corrected chi connectivity index (χ1v) is 9.46. The van der Waals surface area contributed by atoms with Gasteiger partial charge in [0.25, 0.3) is 5.91 Å². The molecule has 0 N–H and O–H groups in total. The molecule has 2 aromatic carbocycles. The van der Waals surface area contributed by atoms with Crippen LogP contribution in [0.4, 0.5) is 5.69 Å². The molecule has 0 unspecified atom stereocenters. The Morgan fingerprint density at radius 3 is 2.10 bits per heavy atom. The monoisotopic (exact) mass is 407 g/mol. The fraction of sp³-hybridized carbons (Fsp3) is 0.250. The van der Waals surface area contributed by atoms with Crippen molar-refractivity contribution >= 4 is 23.6 Å². The van der Waals surface area contributed by atoms with Crippen molar-refractivity contribution in [3.8, 4) is 11.5 Å². The molecule has 1 aliphatic rings. The van der Waals surface area contributed by atoms with Gasteiger partial charge in [0.2, 0.25) is 0 Å². The maximum absolute atomic E-state index is 13.4. The zero-order chi connectivity index (χ0) is 22.0. The van der Waals surface area contributed by atoms with E-state index in [0.29, 0.717) is 28.4 Å². The second-order valence-electron chi connectivity index (χ2n) is 7.11. The third-order valence-corrected chi connectivity index (χ3v) is 4.97. The number of ether oxygens (including phenoxy) is 3. The smallest absolute Gasteiger partial charge is 0.340 e. The van der Waals surface area contributed by atoms with Crippen LogP contribution in [0.15, 0.2) is 53.2 Å². The summed E-state index contributed by atoms with van der Waals surface area (Å²) in [5, 5.41) is 0. The Hall–Kier alpha value is -3.54. The van der Waals surface area contributed by atoms with Gasteiger partial charge in [-0.25, -0.2) is 4.79 Å². The van der Waals surface area contributed by atoms with Crippen LogP contribution in [-0.4, -0.2) is 33.2 Å². The summed E-state index contributed by atoms with van der Waals surface area (Å²) in [6.07, 6.45) is 1.67. The second kappa shape index (κ2) is 8.45. The van der Waals surface area contributed by atoms with E-state index < -0.39 is 5.97 Å². The molecule has 0 spiro atoms. The molecule has 0 aromatic heterocycles. The van der Waals surface area contributed by atoms with Crippen molar-refractivity contribution in [1.29, 1.82) is 0 Å². The molecule has 2 aromatic rings. The van der Waals surface area contributed by atoms with E-state index in [1.165, 1.54) is 7.11 Å². The van der Waals surface area contributed by atoms with E-state index in [1.807, 2.05) is 32.0 Å². The quantitative estimate of drug-likeness (QED) is 0.549. The van der Waals surface area contributed by atoms with E-state index in [1.54, 1.807) is 50.3 Å². The number of carbonyl (C=O) groups excluding carboxylic acids is 2. The molecule has 30 heavy (non-hydrogen) atoms. The largest absolute Gasteiger partial charge is 0.493 e. The summed E-state index contributed by atoms with van der Waals surface area (Å²) in [6.45, 7) is 5.69. The highest BCUT2D eigenvalue weighted by atomic mass is 16.5. The van der Waals surface area contributed by atoms with Crippen LogP contribution in [0.1, 0.15) is 23.6 Å². The molecule has 0 saturated carbocycles. The summed E-state index contributed by atoms with van der Waals surface area (Å²) in [6, 6.07) is 11.2. The van der Waals surface area contributed by atoms with Crippen molar-refractivity contribution in [1.82, 2.24) is 0 Å².